The lowest BCUT2D eigenvalue weighted by Crippen LogP contribution is -2.28. The van der Waals surface area contributed by atoms with Gasteiger partial charge in [0.05, 0.1) is 12.6 Å². The molecule has 26 heavy (non-hydrogen) atoms. The van der Waals surface area contributed by atoms with Gasteiger partial charge in [-0.2, -0.15) is 0 Å². The number of hydrogen-bond donors (Lipinski definition) is 1. The summed E-state index contributed by atoms with van der Waals surface area (Å²) >= 11 is 0. The molecule has 0 spiro atoms. The molecule has 0 bridgehead atoms. The number of rotatable bonds is 4. The SMILES string of the molecule is Cc1ccc2c(c1)c1c(n2CC(O)c2ccc(C=O)cc2)CN(C)CC1. The average molecular weight is 348 g/mol. The fraction of sp³-hybridized carbons (Fsp3) is 0.318. The zero-order valence-corrected chi connectivity index (χ0v) is 15.3. The molecule has 2 heterocycles. The third-order valence-corrected chi connectivity index (χ3v) is 5.42. The molecule has 1 N–H and O–H groups in total. The highest BCUT2D eigenvalue weighted by Gasteiger charge is 2.23. The summed E-state index contributed by atoms with van der Waals surface area (Å²) in [5.41, 5.74) is 6.65. The van der Waals surface area contributed by atoms with Gasteiger partial charge in [0.1, 0.15) is 6.29 Å². The van der Waals surface area contributed by atoms with Crippen molar-refractivity contribution in [3.05, 3.63) is 70.4 Å². The van der Waals surface area contributed by atoms with Crippen LogP contribution in [0.15, 0.2) is 42.5 Å². The van der Waals surface area contributed by atoms with Gasteiger partial charge in [0.25, 0.3) is 0 Å². The Hall–Kier alpha value is -2.43. The Morgan fingerprint density at radius 1 is 1.19 bits per heavy atom. The normalized spacial score (nSPS) is 15.8. The second kappa shape index (κ2) is 6.71. The van der Waals surface area contributed by atoms with E-state index in [1.165, 1.54) is 27.7 Å². The van der Waals surface area contributed by atoms with Crippen LogP contribution in [-0.2, 0) is 19.5 Å². The molecule has 0 amide bonds. The van der Waals surface area contributed by atoms with E-state index in [0.29, 0.717) is 12.1 Å². The fourth-order valence-electron chi connectivity index (χ4n) is 3.97. The van der Waals surface area contributed by atoms with E-state index in [-0.39, 0.29) is 0 Å². The first kappa shape index (κ1) is 17.0. The minimum Gasteiger partial charge on any atom is -0.387 e. The molecule has 0 saturated carbocycles. The van der Waals surface area contributed by atoms with E-state index in [1.54, 1.807) is 12.1 Å². The van der Waals surface area contributed by atoms with Gasteiger partial charge in [0, 0.05) is 35.2 Å². The van der Waals surface area contributed by atoms with Crippen LogP contribution in [0.5, 0.6) is 0 Å². The molecule has 2 aromatic carbocycles. The quantitative estimate of drug-likeness (QED) is 0.734. The number of carbonyl (C=O) groups is 1. The Kier molecular flexibility index (Phi) is 4.39. The molecule has 0 saturated heterocycles. The molecule has 0 radical (unpaired) electrons. The van der Waals surface area contributed by atoms with Crippen LogP contribution in [-0.4, -0.2) is 34.5 Å². The zero-order chi connectivity index (χ0) is 18.3. The summed E-state index contributed by atoms with van der Waals surface area (Å²) in [6.07, 6.45) is 1.26. The highest BCUT2D eigenvalue weighted by molar-refractivity contribution is 5.86. The van der Waals surface area contributed by atoms with Crippen LogP contribution in [0.4, 0.5) is 0 Å². The van der Waals surface area contributed by atoms with E-state index < -0.39 is 6.10 Å². The average Bonchev–Trinajstić information content (AvgIpc) is 2.94. The molecule has 1 unspecified atom stereocenters. The summed E-state index contributed by atoms with van der Waals surface area (Å²) in [6, 6.07) is 13.8. The lowest BCUT2D eigenvalue weighted by Gasteiger charge is -2.25. The predicted molar refractivity (Wildman–Crippen MR) is 104 cm³/mol. The number of benzene rings is 2. The Balaban J connectivity index is 1.75. The largest absolute Gasteiger partial charge is 0.387 e. The van der Waals surface area contributed by atoms with Crippen LogP contribution in [0.25, 0.3) is 10.9 Å². The summed E-state index contributed by atoms with van der Waals surface area (Å²) < 4.78 is 2.28. The fourth-order valence-corrected chi connectivity index (χ4v) is 3.97. The second-order valence-corrected chi connectivity index (χ2v) is 7.34. The first-order chi connectivity index (χ1) is 12.6. The maximum absolute atomic E-state index is 10.8. The van der Waals surface area contributed by atoms with Gasteiger partial charge >= 0.3 is 0 Å². The van der Waals surface area contributed by atoms with Crippen LogP contribution >= 0.6 is 0 Å². The van der Waals surface area contributed by atoms with Crippen molar-refractivity contribution in [2.45, 2.75) is 32.5 Å². The monoisotopic (exact) mass is 348 g/mol. The molecule has 134 valence electrons. The standard InChI is InChI=1S/C22H24N2O2/c1-15-3-8-20-19(11-15)18-9-10-23(2)12-21(18)24(20)13-22(26)17-6-4-16(14-25)5-7-17/h3-8,11,14,22,26H,9-10,12-13H2,1-2H3. The van der Waals surface area contributed by atoms with Crippen LogP contribution in [0, 0.1) is 6.92 Å². The topological polar surface area (TPSA) is 45.5 Å². The molecular weight excluding hydrogens is 324 g/mol. The summed E-state index contributed by atoms with van der Waals surface area (Å²) in [7, 11) is 2.14. The third kappa shape index (κ3) is 2.96. The van der Waals surface area contributed by atoms with Crippen LogP contribution in [0.2, 0.25) is 0 Å². The Morgan fingerprint density at radius 2 is 1.96 bits per heavy atom. The van der Waals surface area contributed by atoms with Gasteiger partial charge in [-0.25, -0.2) is 0 Å². The number of nitrogens with zero attached hydrogens (tertiary/aromatic N) is 2. The molecule has 4 heteroatoms. The van der Waals surface area contributed by atoms with Gasteiger partial charge in [-0.05, 0) is 43.7 Å². The van der Waals surface area contributed by atoms with Crippen LogP contribution in [0.1, 0.15) is 38.8 Å². The maximum atomic E-state index is 10.8. The number of aliphatic hydroxyl groups is 1. The van der Waals surface area contributed by atoms with Crippen molar-refractivity contribution in [1.82, 2.24) is 9.47 Å². The van der Waals surface area contributed by atoms with Crippen molar-refractivity contribution in [3.63, 3.8) is 0 Å². The number of aldehydes is 1. The van der Waals surface area contributed by atoms with Gasteiger partial charge in [-0.3, -0.25) is 4.79 Å². The minimum atomic E-state index is -0.607. The molecule has 1 atom stereocenters. The van der Waals surface area contributed by atoms with Gasteiger partial charge in [-0.1, -0.05) is 35.9 Å². The minimum absolute atomic E-state index is 0.517. The molecule has 1 aliphatic heterocycles. The third-order valence-electron chi connectivity index (χ3n) is 5.42. The van der Waals surface area contributed by atoms with Gasteiger partial charge in [0.2, 0.25) is 0 Å². The van der Waals surface area contributed by atoms with Crippen molar-refractivity contribution < 1.29 is 9.90 Å². The summed E-state index contributed by atoms with van der Waals surface area (Å²) in [5.74, 6) is 0. The molecule has 0 fully saturated rings. The summed E-state index contributed by atoms with van der Waals surface area (Å²) in [6.45, 7) is 4.61. The molecule has 1 aromatic heterocycles. The van der Waals surface area contributed by atoms with E-state index in [9.17, 15) is 9.90 Å². The van der Waals surface area contributed by atoms with Gasteiger partial charge in [0.15, 0.2) is 0 Å². The number of fused-ring (bicyclic) bond motifs is 3. The van der Waals surface area contributed by atoms with E-state index >= 15 is 0 Å². The second-order valence-electron chi connectivity index (χ2n) is 7.34. The molecule has 1 aliphatic rings. The number of hydrogen-bond acceptors (Lipinski definition) is 3. The maximum Gasteiger partial charge on any atom is 0.150 e. The van der Waals surface area contributed by atoms with E-state index in [1.807, 2.05) is 12.1 Å². The highest BCUT2D eigenvalue weighted by atomic mass is 16.3. The zero-order valence-electron chi connectivity index (χ0n) is 15.3. The molecule has 0 aliphatic carbocycles. The Morgan fingerprint density at radius 3 is 2.69 bits per heavy atom. The molecule has 3 aromatic rings. The first-order valence-corrected chi connectivity index (χ1v) is 9.09. The molecular formula is C22H24N2O2. The number of carbonyl (C=O) groups excluding carboxylic acids is 1. The first-order valence-electron chi connectivity index (χ1n) is 9.09. The lowest BCUT2D eigenvalue weighted by molar-refractivity contribution is 0.112. The van der Waals surface area contributed by atoms with Crippen LogP contribution in [0.3, 0.4) is 0 Å². The van der Waals surface area contributed by atoms with Crippen molar-refractivity contribution in [2.24, 2.45) is 0 Å². The smallest absolute Gasteiger partial charge is 0.150 e. The Bertz CT molecular complexity index is 956. The Labute approximate surface area is 153 Å². The summed E-state index contributed by atoms with van der Waals surface area (Å²) in [5, 5.41) is 12.1. The predicted octanol–water partition coefficient (Wildman–Crippen LogP) is 3.48. The number of aryl methyl sites for hydroxylation is 1. The van der Waals surface area contributed by atoms with Gasteiger partial charge in [-0.15, -0.1) is 0 Å². The number of aliphatic hydroxyl groups excluding tert-OH is 1. The van der Waals surface area contributed by atoms with Crippen molar-refractivity contribution >= 4 is 17.2 Å². The number of aromatic nitrogens is 1. The van der Waals surface area contributed by atoms with Crippen LogP contribution < -0.4 is 0 Å². The van der Waals surface area contributed by atoms with Crippen molar-refractivity contribution in [3.8, 4) is 0 Å². The highest BCUT2D eigenvalue weighted by Crippen LogP contribution is 2.32. The van der Waals surface area contributed by atoms with Crippen molar-refractivity contribution in [2.75, 3.05) is 13.6 Å². The summed E-state index contributed by atoms with van der Waals surface area (Å²) in [4.78, 5) is 13.2. The molecule has 4 nitrogen and oxygen atoms in total. The van der Waals surface area contributed by atoms with Crippen molar-refractivity contribution in [1.29, 1.82) is 0 Å². The van der Waals surface area contributed by atoms with Gasteiger partial charge < -0.3 is 14.6 Å². The van der Waals surface area contributed by atoms with E-state index in [4.69, 9.17) is 0 Å². The number of likely N-dealkylation sites (N-methyl/N-ethyl adjacent to an activating group) is 1. The van der Waals surface area contributed by atoms with E-state index in [0.717, 1.165) is 31.4 Å². The molecule has 4 rings (SSSR count). The van der Waals surface area contributed by atoms with E-state index in [2.05, 4.69) is 41.6 Å². The lowest BCUT2D eigenvalue weighted by atomic mass is 10.0.